The summed E-state index contributed by atoms with van der Waals surface area (Å²) < 4.78 is 11.1. The fourth-order valence-electron chi connectivity index (χ4n) is 1.54. The fraction of sp³-hybridized carbons (Fsp3) is 0.600. The summed E-state index contributed by atoms with van der Waals surface area (Å²) in [6, 6.07) is 7.47. The molecule has 0 amide bonds. The standard InChI is InChI=1S/C15H25NO3/c1-4-10-18-13-6-8-14(9-7-13)19-12-15(3,17)11-16-5-2/h6-9,16-17H,4-5,10-12H2,1-3H3. The van der Waals surface area contributed by atoms with E-state index >= 15 is 0 Å². The molecule has 0 aliphatic heterocycles. The van der Waals surface area contributed by atoms with Crippen molar-refractivity contribution in [3.05, 3.63) is 24.3 Å². The number of likely N-dealkylation sites (N-methyl/N-ethyl adjacent to an activating group) is 1. The molecule has 0 radical (unpaired) electrons. The van der Waals surface area contributed by atoms with Gasteiger partial charge in [-0.05, 0) is 44.2 Å². The summed E-state index contributed by atoms with van der Waals surface area (Å²) in [5.74, 6) is 1.58. The van der Waals surface area contributed by atoms with E-state index in [1.807, 2.05) is 31.2 Å². The van der Waals surface area contributed by atoms with Crippen LogP contribution in [-0.2, 0) is 0 Å². The second-order valence-corrected chi connectivity index (χ2v) is 4.89. The third-order valence-electron chi connectivity index (χ3n) is 2.60. The predicted molar refractivity (Wildman–Crippen MR) is 76.9 cm³/mol. The van der Waals surface area contributed by atoms with Crippen molar-refractivity contribution in [2.45, 2.75) is 32.8 Å². The van der Waals surface area contributed by atoms with Gasteiger partial charge in [0.05, 0.1) is 6.61 Å². The molecule has 1 unspecified atom stereocenters. The van der Waals surface area contributed by atoms with Crippen LogP contribution in [0.4, 0.5) is 0 Å². The van der Waals surface area contributed by atoms with E-state index in [-0.39, 0.29) is 6.61 Å². The molecule has 0 fully saturated rings. The minimum Gasteiger partial charge on any atom is -0.494 e. The molecule has 0 aliphatic rings. The van der Waals surface area contributed by atoms with Crippen molar-refractivity contribution in [2.24, 2.45) is 0 Å². The van der Waals surface area contributed by atoms with Crippen LogP contribution in [0.1, 0.15) is 27.2 Å². The molecule has 0 bridgehead atoms. The highest BCUT2D eigenvalue weighted by Gasteiger charge is 2.20. The van der Waals surface area contributed by atoms with Crippen molar-refractivity contribution in [1.82, 2.24) is 5.32 Å². The van der Waals surface area contributed by atoms with Crippen molar-refractivity contribution < 1.29 is 14.6 Å². The number of nitrogens with one attached hydrogen (secondary N) is 1. The Morgan fingerprint density at radius 1 is 1.11 bits per heavy atom. The Hall–Kier alpha value is -1.26. The molecule has 0 heterocycles. The number of ether oxygens (including phenoxy) is 2. The molecule has 1 aromatic carbocycles. The highest BCUT2D eigenvalue weighted by atomic mass is 16.5. The van der Waals surface area contributed by atoms with Gasteiger partial charge in [-0.3, -0.25) is 0 Å². The van der Waals surface area contributed by atoms with Crippen LogP contribution < -0.4 is 14.8 Å². The molecule has 19 heavy (non-hydrogen) atoms. The topological polar surface area (TPSA) is 50.7 Å². The van der Waals surface area contributed by atoms with E-state index < -0.39 is 5.60 Å². The van der Waals surface area contributed by atoms with E-state index in [1.54, 1.807) is 6.92 Å². The summed E-state index contributed by atoms with van der Waals surface area (Å²) in [5, 5.41) is 13.2. The van der Waals surface area contributed by atoms with Crippen molar-refractivity contribution in [3.8, 4) is 11.5 Å². The fourth-order valence-corrected chi connectivity index (χ4v) is 1.54. The zero-order chi connectivity index (χ0) is 14.1. The van der Waals surface area contributed by atoms with Crippen LogP contribution in [0.5, 0.6) is 11.5 Å². The van der Waals surface area contributed by atoms with Gasteiger partial charge in [0.2, 0.25) is 0 Å². The maximum atomic E-state index is 10.1. The third-order valence-corrected chi connectivity index (χ3v) is 2.60. The highest BCUT2D eigenvalue weighted by Crippen LogP contribution is 2.18. The van der Waals surface area contributed by atoms with Gasteiger partial charge in [-0.1, -0.05) is 13.8 Å². The van der Waals surface area contributed by atoms with E-state index in [9.17, 15) is 5.11 Å². The maximum Gasteiger partial charge on any atom is 0.119 e. The lowest BCUT2D eigenvalue weighted by atomic mass is 10.1. The van der Waals surface area contributed by atoms with Gasteiger partial charge in [-0.15, -0.1) is 0 Å². The predicted octanol–water partition coefficient (Wildman–Crippen LogP) is 2.21. The van der Waals surface area contributed by atoms with E-state index in [1.165, 1.54) is 0 Å². The van der Waals surface area contributed by atoms with Crippen molar-refractivity contribution in [3.63, 3.8) is 0 Å². The Labute approximate surface area is 115 Å². The van der Waals surface area contributed by atoms with Crippen LogP contribution in [-0.4, -0.2) is 37.0 Å². The lowest BCUT2D eigenvalue weighted by Gasteiger charge is -2.23. The molecule has 1 aromatic rings. The zero-order valence-electron chi connectivity index (χ0n) is 12.1. The average molecular weight is 267 g/mol. The van der Waals surface area contributed by atoms with E-state index in [2.05, 4.69) is 12.2 Å². The molecule has 0 aromatic heterocycles. The van der Waals surface area contributed by atoms with E-state index in [0.717, 1.165) is 31.1 Å². The monoisotopic (exact) mass is 267 g/mol. The quantitative estimate of drug-likeness (QED) is 0.720. The summed E-state index contributed by atoms with van der Waals surface area (Å²) in [6.45, 7) is 8.16. The van der Waals surface area contributed by atoms with E-state index in [4.69, 9.17) is 9.47 Å². The number of hydrogen-bond donors (Lipinski definition) is 2. The van der Waals surface area contributed by atoms with Crippen molar-refractivity contribution >= 4 is 0 Å². The number of rotatable bonds is 9. The van der Waals surface area contributed by atoms with Gasteiger partial charge in [0.1, 0.15) is 23.7 Å². The Morgan fingerprint density at radius 3 is 2.21 bits per heavy atom. The van der Waals surface area contributed by atoms with Crippen LogP contribution in [0.15, 0.2) is 24.3 Å². The summed E-state index contributed by atoms with van der Waals surface area (Å²) in [6.07, 6.45) is 0.992. The lowest BCUT2D eigenvalue weighted by Crippen LogP contribution is -2.42. The van der Waals surface area contributed by atoms with Gasteiger partial charge in [0.25, 0.3) is 0 Å². The van der Waals surface area contributed by atoms with Gasteiger partial charge in [-0.2, -0.15) is 0 Å². The molecule has 2 N–H and O–H groups in total. The minimum atomic E-state index is -0.868. The maximum absolute atomic E-state index is 10.1. The van der Waals surface area contributed by atoms with Crippen LogP contribution in [0, 0.1) is 0 Å². The lowest BCUT2D eigenvalue weighted by molar-refractivity contribution is 0.0127. The van der Waals surface area contributed by atoms with Crippen molar-refractivity contribution in [1.29, 1.82) is 0 Å². The first-order valence-corrected chi connectivity index (χ1v) is 6.86. The number of aliphatic hydroxyl groups is 1. The molecule has 4 nitrogen and oxygen atoms in total. The Balaban J connectivity index is 2.40. The first kappa shape index (κ1) is 15.8. The smallest absolute Gasteiger partial charge is 0.119 e. The molecule has 0 aliphatic carbocycles. The summed E-state index contributed by atoms with van der Waals surface area (Å²) >= 11 is 0. The Kier molecular flexibility index (Phi) is 6.67. The van der Waals surface area contributed by atoms with Crippen LogP contribution in [0.25, 0.3) is 0 Å². The molecule has 4 heteroatoms. The zero-order valence-corrected chi connectivity index (χ0v) is 12.1. The summed E-state index contributed by atoms with van der Waals surface area (Å²) in [5.41, 5.74) is -0.868. The molecule has 1 rings (SSSR count). The van der Waals surface area contributed by atoms with Crippen molar-refractivity contribution in [2.75, 3.05) is 26.3 Å². The van der Waals surface area contributed by atoms with Gasteiger partial charge >= 0.3 is 0 Å². The van der Waals surface area contributed by atoms with Crippen LogP contribution >= 0.6 is 0 Å². The SMILES string of the molecule is CCCOc1ccc(OCC(C)(O)CNCC)cc1. The molecule has 1 atom stereocenters. The summed E-state index contributed by atoms with van der Waals surface area (Å²) in [7, 11) is 0. The average Bonchev–Trinajstić information content (AvgIpc) is 2.42. The molecule has 0 saturated heterocycles. The highest BCUT2D eigenvalue weighted by molar-refractivity contribution is 5.31. The van der Waals surface area contributed by atoms with E-state index in [0.29, 0.717) is 6.54 Å². The Bertz CT molecular complexity index is 349. The largest absolute Gasteiger partial charge is 0.494 e. The molecule has 0 spiro atoms. The molecular formula is C15H25NO3. The minimum absolute atomic E-state index is 0.259. The number of benzene rings is 1. The molecule has 108 valence electrons. The molecule has 0 saturated carbocycles. The van der Waals surface area contributed by atoms with Gasteiger partial charge in [0, 0.05) is 6.54 Å². The number of hydrogen-bond acceptors (Lipinski definition) is 4. The first-order valence-electron chi connectivity index (χ1n) is 6.86. The normalized spacial score (nSPS) is 13.9. The second kappa shape index (κ2) is 8.02. The van der Waals surface area contributed by atoms with Crippen LogP contribution in [0.3, 0.4) is 0 Å². The third kappa shape index (κ3) is 6.45. The van der Waals surface area contributed by atoms with Gasteiger partial charge < -0.3 is 19.9 Å². The first-order chi connectivity index (χ1) is 9.07. The van der Waals surface area contributed by atoms with Crippen LogP contribution in [0.2, 0.25) is 0 Å². The summed E-state index contributed by atoms with van der Waals surface area (Å²) in [4.78, 5) is 0. The second-order valence-electron chi connectivity index (χ2n) is 4.89. The Morgan fingerprint density at radius 2 is 1.68 bits per heavy atom. The van der Waals surface area contributed by atoms with Gasteiger partial charge in [-0.25, -0.2) is 0 Å². The van der Waals surface area contributed by atoms with Gasteiger partial charge in [0.15, 0.2) is 0 Å². The molecular weight excluding hydrogens is 242 g/mol.